The molecule has 0 aromatic rings. The molecular formula is C12H17N3O3S. The molecule has 0 bridgehead atoms. The molecule has 3 heterocycles. The van der Waals surface area contributed by atoms with Crippen molar-refractivity contribution in [3.8, 4) is 0 Å². The molecule has 3 rings (SSSR count). The quantitative estimate of drug-likeness (QED) is 0.661. The lowest BCUT2D eigenvalue weighted by Crippen LogP contribution is -2.56. The summed E-state index contributed by atoms with van der Waals surface area (Å²) >= 11 is 1.83. The van der Waals surface area contributed by atoms with Crippen molar-refractivity contribution in [2.45, 2.75) is 24.8 Å². The van der Waals surface area contributed by atoms with Gasteiger partial charge in [0.25, 0.3) is 5.91 Å². The standard InChI is InChI=1S/C12H17N3O3S/c16-9(8-1-6-19-7-8)15-4-2-12(3-5-15)10(17)13-11(18)14-12/h8H,1-7H2,(H2,13,14,17,18). The van der Waals surface area contributed by atoms with Gasteiger partial charge in [-0.25, -0.2) is 4.79 Å². The Bertz CT molecular complexity index is 426. The normalized spacial score (nSPS) is 29.5. The lowest BCUT2D eigenvalue weighted by atomic mass is 9.87. The van der Waals surface area contributed by atoms with E-state index in [-0.39, 0.29) is 17.7 Å². The minimum absolute atomic E-state index is 0.144. The van der Waals surface area contributed by atoms with Crippen LogP contribution >= 0.6 is 11.8 Å². The Balaban J connectivity index is 1.61. The predicted octanol–water partition coefficient (Wildman–Crippen LogP) is -0.0599. The number of nitrogens with one attached hydrogen (secondary N) is 2. The third-order valence-electron chi connectivity index (χ3n) is 4.22. The average molecular weight is 283 g/mol. The van der Waals surface area contributed by atoms with E-state index in [0.717, 1.165) is 17.9 Å². The molecule has 2 N–H and O–H groups in total. The largest absolute Gasteiger partial charge is 0.342 e. The van der Waals surface area contributed by atoms with Crippen molar-refractivity contribution < 1.29 is 14.4 Å². The number of rotatable bonds is 1. The van der Waals surface area contributed by atoms with Crippen LogP contribution in [-0.4, -0.2) is 52.9 Å². The fraction of sp³-hybridized carbons (Fsp3) is 0.750. The molecule has 1 spiro atoms. The van der Waals surface area contributed by atoms with E-state index in [0.29, 0.717) is 25.9 Å². The van der Waals surface area contributed by atoms with Crippen LogP contribution in [-0.2, 0) is 9.59 Å². The average Bonchev–Trinajstić information content (AvgIpc) is 2.99. The molecule has 3 saturated heterocycles. The third-order valence-corrected chi connectivity index (χ3v) is 5.38. The number of urea groups is 1. The molecule has 1 atom stereocenters. The number of carbonyl (C=O) groups excluding carboxylic acids is 3. The van der Waals surface area contributed by atoms with Crippen molar-refractivity contribution in [2.75, 3.05) is 24.6 Å². The van der Waals surface area contributed by atoms with E-state index >= 15 is 0 Å². The molecule has 1 unspecified atom stereocenters. The molecule has 0 aromatic heterocycles. The molecule has 104 valence electrons. The summed E-state index contributed by atoms with van der Waals surface area (Å²) in [6.45, 7) is 1.10. The van der Waals surface area contributed by atoms with Crippen molar-refractivity contribution in [2.24, 2.45) is 5.92 Å². The van der Waals surface area contributed by atoms with Gasteiger partial charge in [0.15, 0.2) is 0 Å². The zero-order chi connectivity index (χ0) is 13.5. The summed E-state index contributed by atoms with van der Waals surface area (Å²) in [5.74, 6) is 2.08. The smallest absolute Gasteiger partial charge is 0.322 e. The van der Waals surface area contributed by atoms with Crippen LogP contribution in [0.1, 0.15) is 19.3 Å². The van der Waals surface area contributed by atoms with E-state index in [9.17, 15) is 14.4 Å². The van der Waals surface area contributed by atoms with Gasteiger partial charge in [0, 0.05) is 24.8 Å². The van der Waals surface area contributed by atoms with Crippen LogP contribution in [0.25, 0.3) is 0 Å². The highest BCUT2D eigenvalue weighted by Crippen LogP contribution is 2.29. The van der Waals surface area contributed by atoms with Gasteiger partial charge in [-0.2, -0.15) is 11.8 Å². The van der Waals surface area contributed by atoms with Crippen molar-refractivity contribution in [1.82, 2.24) is 15.5 Å². The highest BCUT2D eigenvalue weighted by atomic mass is 32.2. The second-order valence-electron chi connectivity index (χ2n) is 5.38. The molecule has 0 aliphatic carbocycles. The van der Waals surface area contributed by atoms with E-state index in [4.69, 9.17) is 0 Å². The van der Waals surface area contributed by atoms with Gasteiger partial charge in [-0.05, 0) is 25.0 Å². The number of amides is 4. The number of carbonyl (C=O) groups is 3. The molecule has 4 amide bonds. The van der Waals surface area contributed by atoms with Gasteiger partial charge in [-0.1, -0.05) is 0 Å². The summed E-state index contributed by atoms with van der Waals surface area (Å²) in [5, 5.41) is 4.99. The van der Waals surface area contributed by atoms with Crippen LogP contribution in [0.5, 0.6) is 0 Å². The summed E-state index contributed by atoms with van der Waals surface area (Å²) in [6.07, 6.45) is 1.98. The Hall–Kier alpha value is -1.24. The Morgan fingerprint density at radius 1 is 1.32 bits per heavy atom. The summed E-state index contributed by atoms with van der Waals surface area (Å²) in [4.78, 5) is 37.1. The van der Waals surface area contributed by atoms with Crippen molar-refractivity contribution in [1.29, 1.82) is 0 Å². The highest BCUT2D eigenvalue weighted by Gasteiger charge is 2.48. The monoisotopic (exact) mass is 283 g/mol. The van der Waals surface area contributed by atoms with Gasteiger partial charge in [-0.3, -0.25) is 14.9 Å². The van der Waals surface area contributed by atoms with Crippen molar-refractivity contribution in [3.05, 3.63) is 0 Å². The maximum absolute atomic E-state index is 12.3. The molecule has 19 heavy (non-hydrogen) atoms. The van der Waals surface area contributed by atoms with Crippen LogP contribution in [0.2, 0.25) is 0 Å². The number of thioether (sulfide) groups is 1. The van der Waals surface area contributed by atoms with Crippen LogP contribution in [0.4, 0.5) is 4.79 Å². The zero-order valence-electron chi connectivity index (χ0n) is 10.6. The lowest BCUT2D eigenvalue weighted by molar-refractivity contribution is -0.138. The van der Waals surface area contributed by atoms with Gasteiger partial charge in [0.1, 0.15) is 5.54 Å². The minimum Gasteiger partial charge on any atom is -0.342 e. The minimum atomic E-state index is -0.779. The van der Waals surface area contributed by atoms with Crippen LogP contribution in [0, 0.1) is 5.92 Å². The fourth-order valence-electron chi connectivity index (χ4n) is 2.98. The Morgan fingerprint density at radius 3 is 2.58 bits per heavy atom. The van der Waals surface area contributed by atoms with E-state index in [2.05, 4.69) is 10.6 Å². The lowest BCUT2D eigenvalue weighted by Gasteiger charge is -2.37. The highest BCUT2D eigenvalue weighted by molar-refractivity contribution is 7.99. The van der Waals surface area contributed by atoms with Gasteiger partial charge in [0.05, 0.1) is 0 Å². The first-order chi connectivity index (χ1) is 9.11. The molecule has 3 fully saturated rings. The molecule has 6 nitrogen and oxygen atoms in total. The molecule has 3 aliphatic heterocycles. The van der Waals surface area contributed by atoms with Gasteiger partial charge in [0.2, 0.25) is 5.91 Å². The van der Waals surface area contributed by atoms with Gasteiger partial charge in [-0.15, -0.1) is 0 Å². The molecular weight excluding hydrogens is 266 g/mol. The Labute approximate surface area is 115 Å². The number of likely N-dealkylation sites (tertiary alicyclic amines) is 1. The van der Waals surface area contributed by atoms with Crippen LogP contribution in [0.15, 0.2) is 0 Å². The molecule has 3 aliphatic rings. The van der Waals surface area contributed by atoms with Gasteiger partial charge < -0.3 is 10.2 Å². The topological polar surface area (TPSA) is 78.5 Å². The molecule has 0 radical (unpaired) electrons. The maximum atomic E-state index is 12.3. The van der Waals surface area contributed by atoms with Gasteiger partial charge >= 0.3 is 6.03 Å². The maximum Gasteiger partial charge on any atom is 0.322 e. The zero-order valence-corrected chi connectivity index (χ0v) is 11.4. The molecule has 0 aromatic carbocycles. The Morgan fingerprint density at radius 2 is 2.05 bits per heavy atom. The van der Waals surface area contributed by atoms with Crippen LogP contribution < -0.4 is 10.6 Å². The van der Waals surface area contributed by atoms with E-state index < -0.39 is 11.6 Å². The SMILES string of the molecule is O=C1NC(=O)C2(CCN(C(=O)C3CCSC3)CC2)N1. The number of hydrogen-bond donors (Lipinski definition) is 2. The first-order valence-electron chi connectivity index (χ1n) is 6.61. The number of nitrogens with zero attached hydrogens (tertiary/aromatic N) is 1. The summed E-state index contributed by atoms with van der Waals surface area (Å²) in [6, 6.07) is -0.419. The summed E-state index contributed by atoms with van der Waals surface area (Å²) < 4.78 is 0. The van der Waals surface area contributed by atoms with E-state index in [1.54, 1.807) is 0 Å². The van der Waals surface area contributed by atoms with Crippen molar-refractivity contribution >= 4 is 29.6 Å². The fourth-order valence-corrected chi connectivity index (χ4v) is 4.19. The number of piperidine rings is 1. The van der Waals surface area contributed by atoms with Crippen LogP contribution in [0.3, 0.4) is 0 Å². The number of hydrogen-bond acceptors (Lipinski definition) is 4. The first-order valence-corrected chi connectivity index (χ1v) is 7.76. The molecule has 0 saturated carbocycles. The third kappa shape index (κ3) is 2.20. The molecule has 7 heteroatoms. The second-order valence-corrected chi connectivity index (χ2v) is 6.53. The van der Waals surface area contributed by atoms with Crippen molar-refractivity contribution in [3.63, 3.8) is 0 Å². The summed E-state index contributed by atoms with van der Waals surface area (Å²) in [7, 11) is 0. The summed E-state index contributed by atoms with van der Waals surface area (Å²) in [5.41, 5.74) is -0.779. The number of imide groups is 1. The predicted molar refractivity (Wildman–Crippen MR) is 70.7 cm³/mol. The second kappa shape index (κ2) is 4.70. The van der Waals surface area contributed by atoms with E-state index in [1.807, 2.05) is 16.7 Å². The first kappa shape index (κ1) is 12.8. The Kier molecular flexibility index (Phi) is 3.16. The van der Waals surface area contributed by atoms with E-state index in [1.165, 1.54) is 0 Å².